The van der Waals surface area contributed by atoms with Gasteiger partial charge in [0, 0.05) is 28.2 Å². The SMILES string of the molecule is CC(NCc1ccc(C(N)=O)cc1F)c1cccc(Br)c1. The van der Waals surface area contributed by atoms with Crippen LogP contribution in [0.3, 0.4) is 0 Å². The van der Waals surface area contributed by atoms with Crippen LogP contribution < -0.4 is 11.1 Å². The summed E-state index contributed by atoms with van der Waals surface area (Å²) in [5, 5.41) is 3.25. The Labute approximate surface area is 131 Å². The molecule has 2 aromatic rings. The number of benzene rings is 2. The molecule has 110 valence electrons. The molecule has 0 aromatic heterocycles. The Morgan fingerprint density at radius 1 is 1.33 bits per heavy atom. The molecule has 5 heteroatoms. The molecule has 0 saturated heterocycles. The maximum atomic E-state index is 13.9. The lowest BCUT2D eigenvalue weighted by molar-refractivity contribution is 0.1000. The fraction of sp³-hybridized carbons (Fsp3) is 0.188. The molecular formula is C16H16BrFN2O. The molecule has 0 fully saturated rings. The third kappa shape index (κ3) is 4.12. The smallest absolute Gasteiger partial charge is 0.248 e. The number of hydrogen-bond donors (Lipinski definition) is 2. The average Bonchev–Trinajstić information content (AvgIpc) is 2.45. The van der Waals surface area contributed by atoms with Crippen molar-refractivity contribution in [1.82, 2.24) is 5.32 Å². The lowest BCUT2D eigenvalue weighted by atomic mass is 10.1. The molecule has 0 aliphatic rings. The fourth-order valence-electron chi connectivity index (χ4n) is 2.00. The van der Waals surface area contributed by atoms with E-state index in [-0.39, 0.29) is 11.6 Å². The molecule has 3 N–H and O–H groups in total. The van der Waals surface area contributed by atoms with Crippen LogP contribution in [0.1, 0.15) is 34.5 Å². The summed E-state index contributed by atoms with van der Waals surface area (Å²) in [5.41, 5.74) is 6.91. The summed E-state index contributed by atoms with van der Waals surface area (Å²) in [6, 6.07) is 12.3. The van der Waals surface area contributed by atoms with E-state index in [2.05, 4.69) is 21.2 Å². The topological polar surface area (TPSA) is 55.1 Å². The van der Waals surface area contributed by atoms with Gasteiger partial charge < -0.3 is 11.1 Å². The molecule has 0 heterocycles. The van der Waals surface area contributed by atoms with Gasteiger partial charge in [0.05, 0.1) is 0 Å². The molecule has 3 nitrogen and oxygen atoms in total. The summed E-state index contributed by atoms with van der Waals surface area (Å²) >= 11 is 3.43. The normalized spacial score (nSPS) is 12.1. The Bertz CT molecular complexity index is 660. The molecule has 0 saturated carbocycles. The molecule has 1 atom stereocenters. The molecule has 0 radical (unpaired) electrons. The average molecular weight is 351 g/mol. The van der Waals surface area contributed by atoms with Crippen molar-refractivity contribution in [2.24, 2.45) is 5.73 Å². The van der Waals surface area contributed by atoms with Gasteiger partial charge >= 0.3 is 0 Å². The molecule has 21 heavy (non-hydrogen) atoms. The highest BCUT2D eigenvalue weighted by Crippen LogP contribution is 2.19. The van der Waals surface area contributed by atoms with Crippen LogP contribution in [0, 0.1) is 5.82 Å². The second kappa shape index (κ2) is 6.83. The molecule has 1 amide bonds. The zero-order valence-electron chi connectivity index (χ0n) is 11.6. The van der Waals surface area contributed by atoms with Crippen LogP contribution in [0.25, 0.3) is 0 Å². The van der Waals surface area contributed by atoms with E-state index in [1.807, 2.05) is 31.2 Å². The maximum Gasteiger partial charge on any atom is 0.248 e. The van der Waals surface area contributed by atoms with Gasteiger partial charge in [0.1, 0.15) is 5.82 Å². The van der Waals surface area contributed by atoms with Crippen LogP contribution in [0.5, 0.6) is 0 Å². The van der Waals surface area contributed by atoms with Crippen LogP contribution in [0.4, 0.5) is 4.39 Å². The van der Waals surface area contributed by atoms with Crippen molar-refractivity contribution in [3.63, 3.8) is 0 Å². The summed E-state index contributed by atoms with van der Waals surface area (Å²) < 4.78 is 14.9. The van der Waals surface area contributed by atoms with Crippen LogP contribution in [0.2, 0.25) is 0 Å². The van der Waals surface area contributed by atoms with Crippen LogP contribution in [0.15, 0.2) is 46.9 Å². The van der Waals surface area contributed by atoms with Gasteiger partial charge in [-0.1, -0.05) is 34.1 Å². The molecule has 0 bridgehead atoms. The molecule has 2 rings (SSSR count). The zero-order chi connectivity index (χ0) is 15.4. The quantitative estimate of drug-likeness (QED) is 0.866. The van der Waals surface area contributed by atoms with Crippen molar-refractivity contribution >= 4 is 21.8 Å². The van der Waals surface area contributed by atoms with Gasteiger partial charge in [0.15, 0.2) is 0 Å². The van der Waals surface area contributed by atoms with Crippen molar-refractivity contribution in [3.8, 4) is 0 Å². The maximum absolute atomic E-state index is 13.9. The van der Waals surface area contributed by atoms with E-state index in [1.165, 1.54) is 12.1 Å². The Morgan fingerprint density at radius 2 is 2.10 bits per heavy atom. The highest BCUT2D eigenvalue weighted by molar-refractivity contribution is 9.10. The number of halogens is 2. The summed E-state index contributed by atoms with van der Waals surface area (Å²) in [6.45, 7) is 2.38. The third-order valence-corrected chi connectivity index (χ3v) is 3.78. The van der Waals surface area contributed by atoms with Crippen molar-refractivity contribution in [2.75, 3.05) is 0 Å². The Hall–Kier alpha value is -1.72. The van der Waals surface area contributed by atoms with Gasteiger partial charge in [-0.15, -0.1) is 0 Å². The van der Waals surface area contributed by atoms with Crippen LogP contribution in [-0.2, 0) is 6.54 Å². The molecule has 0 aliphatic carbocycles. The van der Waals surface area contributed by atoms with Gasteiger partial charge in [-0.2, -0.15) is 0 Å². The number of nitrogens with one attached hydrogen (secondary N) is 1. The number of amides is 1. The molecule has 2 aromatic carbocycles. The number of rotatable bonds is 5. The Morgan fingerprint density at radius 3 is 2.71 bits per heavy atom. The molecule has 1 unspecified atom stereocenters. The first kappa shape index (κ1) is 15.7. The molecule has 0 spiro atoms. The van der Waals surface area contributed by atoms with Crippen molar-refractivity contribution in [1.29, 1.82) is 0 Å². The minimum Gasteiger partial charge on any atom is -0.366 e. The molecular weight excluding hydrogens is 335 g/mol. The molecule has 0 aliphatic heterocycles. The van der Waals surface area contributed by atoms with Gasteiger partial charge in [-0.3, -0.25) is 4.79 Å². The van der Waals surface area contributed by atoms with Gasteiger partial charge in [0.2, 0.25) is 5.91 Å². The summed E-state index contributed by atoms with van der Waals surface area (Å²) in [6.07, 6.45) is 0. The van der Waals surface area contributed by atoms with E-state index < -0.39 is 11.7 Å². The van der Waals surface area contributed by atoms with Gasteiger partial charge in [-0.25, -0.2) is 4.39 Å². The largest absolute Gasteiger partial charge is 0.366 e. The number of hydrogen-bond acceptors (Lipinski definition) is 2. The van der Waals surface area contributed by atoms with Crippen molar-refractivity contribution in [2.45, 2.75) is 19.5 Å². The highest BCUT2D eigenvalue weighted by atomic mass is 79.9. The van der Waals surface area contributed by atoms with E-state index in [1.54, 1.807) is 6.07 Å². The van der Waals surface area contributed by atoms with E-state index >= 15 is 0 Å². The minimum atomic E-state index is -0.629. The summed E-state index contributed by atoms with van der Waals surface area (Å²) in [5.74, 6) is -1.06. The summed E-state index contributed by atoms with van der Waals surface area (Å²) in [4.78, 5) is 11.0. The van der Waals surface area contributed by atoms with Crippen LogP contribution >= 0.6 is 15.9 Å². The van der Waals surface area contributed by atoms with Gasteiger partial charge in [0.25, 0.3) is 0 Å². The number of primary amides is 1. The second-order valence-electron chi connectivity index (χ2n) is 4.83. The van der Waals surface area contributed by atoms with Gasteiger partial charge in [-0.05, 0) is 36.8 Å². The number of carbonyl (C=O) groups excluding carboxylic acids is 1. The van der Waals surface area contributed by atoms with Crippen molar-refractivity contribution in [3.05, 3.63) is 69.4 Å². The zero-order valence-corrected chi connectivity index (χ0v) is 13.2. The van der Waals surface area contributed by atoms with E-state index in [9.17, 15) is 9.18 Å². The first-order valence-corrected chi connectivity index (χ1v) is 7.33. The second-order valence-corrected chi connectivity index (χ2v) is 5.74. The number of nitrogens with two attached hydrogens (primary N) is 1. The lowest BCUT2D eigenvalue weighted by Crippen LogP contribution is -2.19. The first-order chi connectivity index (χ1) is 9.97. The van der Waals surface area contributed by atoms with E-state index in [0.29, 0.717) is 12.1 Å². The van der Waals surface area contributed by atoms with E-state index in [0.717, 1.165) is 10.0 Å². The van der Waals surface area contributed by atoms with Crippen molar-refractivity contribution < 1.29 is 9.18 Å². The third-order valence-electron chi connectivity index (χ3n) is 3.28. The predicted molar refractivity (Wildman–Crippen MR) is 84.3 cm³/mol. The lowest BCUT2D eigenvalue weighted by Gasteiger charge is -2.15. The van der Waals surface area contributed by atoms with E-state index in [4.69, 9.17) is 5.73 Å². The minimum absolute atomic E-state index is 0.0812. The highest BCUT2D eigenvalue weighted by Gasteiger charge is 2.09. The van der Waals surface area contributed by atoms with Crippen LogP contribution in [-0.4, -0.2) is 5.91 Å². The Kier molecular flexibility index (Phi) is 5.09. The monoisotopic (exact) mass is 350 g/mol. The summed E-state index contributed by atoms with van der Waals surface area (Å²) in [7, 11) is 0. The Balaban J connectivity index is 2.04. The fourth-order valence-corrected chi connectivity index (χ4v) is 2.42. The first-order valence-electron chi connectivity index (χ1n) is 6.54. The predicted octanol–water partition coefficient (Wildman–Crippen LogP) is 3.54. The standard InChI is InChI=1S/C16H16BrFN2O/c1-10(11-3-2-4-14(17)7-11)20-9-13-6-5-12(16(19)21)8-15(13)18/h2-8,10,20H,9H2,1H3,(H2,19,21). The number of carbonyl (C=O) groups is 1.